The zero-order valence-corrected chi connectivity index (χ0v) is 12.8. The van der Waals surface area contributed by atoms with Gasteiger partial charge in [0.15, 0.2) is 0 Å². The first-order chi connectivity index (χ1) is 10.3. The maximum Gasteiger partial charge on any atom is 0.149 e. The van der Waals surface area contributed by atoms with Gasteiger partial charge in [-0.05, 0) is 48.4 Å². The van der Waals surface area contributed by atoms with Crippen molar-refractivity contribution >= 4 is 5.69 Å². The summed E-state index contributed by atoms with van der Waals surface area (Å²) in [6, 6.07) is 9.63. The fraction of sp³-hybridized carbons (Fsp3) is 0.389. The van der Waals surface area contributed by atoms with Gasteiger partial charge in [0.2, 0.25) is 0 Å². The number of hydrogen-bond donors (Lipinski definition) is 1. The average Bonchev–Trinajstić information content (AvgIpc) is 2.54. The Labute approximate surface area is 126 Å². The lowest BCUT2D eigenvalue weighted by molar-refractivity contribution is 0.604. The summed E-state index contributed by atoms with van der Waals surface area (Å²) < 4.78 is 14.1. The highest BCUT2D eigenvalue weighted by Gasteiger charge is 2.10. The van der Waals surface area contributed by atoms with Crippen molar-refractivity contribution in [2.75, 3.05) is 11.9 Å². The molecule has 1 atom stereocenters. The zero-order valence-electron chi connectivity index (χ0n) is 12.8. The van der Waals surface area contributed by atoms with Crippen LogP contribution in [0.4, 0.5) is 10.1 Å². The van der Waals surface area contributed by atoms with Crippen LogP contribution in [0.25, 0.3) is 0 Å². The summed E-state index contributed by atoms with van der Waals surface area (Å²) in [5.74, 6) is 0.345. The molecule has 112 valence electrons. The Hall–Kier alpha value is -1.90. The standard InChI is InChI=1S/C18H23FN2/c1-3-14(16-8-6-11-20-13-16)10-12-21-17-9-5-7-15(4-2)18(17)19/h5-9,11,13-14,21H,3-4,10,12H2,1-2H3. The Morgan fingerprint density at radius 1 is 1.19 bits per heavy atom. The molecule has 0 fully saturated rings. The van der Waals surface area contributed by atoms with Crippen LogP contribution in [0, 0.1) is 5.82 Å². The third-order valence-corrected chi connectivity index (χ3v) is 3.92. The second kappa shape index (κ2) is 7.77. The van der Waals surface area contributed by atoms with E-state index in [1.807, 2.05) is 31.3 Å². The molecule has 1 aromatic heterocycles. The van der Waals surface area contributed by atoms with Crippen molar-refractivity contribution in [2.24, 2.45) is 0 Å². The highest BCUT2D eigenvalue weighted by molar-refractivity contribution is 5.47. The fourth-order valence-corrected chi connectivity index (χ4v) is 2.59. The van der Waals surface area contributed by atoms with E-state index in [1.54, 1.807) is 12.3 Å². The lowest BCUT2D eigenvalue weighted by Gasteiger charge is -2.16. The normalized spacial score (nSPS) is 12.1. The number of halogens is 1. The molecule has 0 bridgehead atoms. The van der Waals surface area contributed by atoms with E-state index in [4.69, 9.17) is 0 Å². The maximum absolute atomic E-state index is 14.1. The molecule has 1 heterocycles. The van der Waals surface area contributed by atoms with E-state index in [0.29, 0.717) is 18.0 Å². The Kier molecular flexibility index (Phi) is 5.73. The van der Waals surface area contributed by atoms with Crippen LogP contribution in [0.2, 0.25) is 0 Å². The van der Waals surface area contributed by atoms with Crippen LogP contribution >= 0.6 is 0 Å². The van der Waals surface area contributed by atoms with Gasteiger partial charge in [-0.3, -0.25) is 4.98 Å². The second-order valence-corrected chi connectivity index (χ2v) is 5.24. The Balaban J connectivity index is 1.94. The largest absolute Gasteiger partial charge is 0.383 e. The molecular weight excluding hydrogens is 263 g/mol. The second-order valence-electron chi connectivity index (χ2n) is 5.24. The molecule has 0 spiro atoms. The van der Waals surface area contributed by atoms with Crippen LogP contribution in [0.1, 0.15) is 43.7 Å². The third kappa shape index (κ3) is 4.03. The number of aryl methyl sites for hydroxylation is 1. The van der Waals surface area contributed by atoms with E-state index in [2.05, 4.69) is 23.3 Å². The van der Waals surface area contributed by atoms with E-state index in [-0.39, 0.29) is 5.82 Å². The van der Waals surface area contributed by atoms with E-state index in [1.165, 1.54) is 5.56 Å². The average molecular weight is 286 g/mol. The van der Waals surface area contributed by atoms with Gasteiger partial charge >= 0.3 is 0 Å². The van der Waals surface area contributed by atoms with Gasteiger partial charge in [-0.2, -0.15) is 0 Å². The molecule has 0 saturated carbocycles. The van der Waals surface area contributed by atoms with Gasteiger partial charge in [0, 0.05) is 18.9 Å². The summed E-state index contributed by atoms with van der Waals surface area (Å²) in [6.07, 6.45) is 6.46. The third-order valence-electron chi connectivity index (χ3n) is 3.92. The number of hydrogen-bond acceptors (Lipinski definition) is 2. The van der Waals surface area contributed by atoms with Crippen molar-refractivity contribution < 1.29 is 4.39 Å². The smallest absolute Gasteiger partial charge is 0.149 e. The number of nitrogens with one attached hydrogen (secondary N) is 1. The minimum atomic E-state index is -0.116. The predicted octanol–water partition coefficient (Wildman–Crippen LogP) is 4.78. The first kappa shape index (κ1) is 15.5. The molecule has 0 aliphatic carbocycles. The quantitative estimate of drug-likeness (QED) is 0.792. The molecule has 0 aliphatic heterocycles. The number of anilines is 1. The Morgan fingerprint density at radius 3 is 2.71 bits per heavy atom. The number of aromatic nitrogens is 1. The lowest BCUT2D eigenvalue weighted by Crippen LogP contribution is -2.09. The molecule has 1 unspecified atom stereocenters. The summed E-state index contributed by atoms with van der Waals surface area (Å²) in [5.41, 5.74) is 2.62. The molecule has 0 aliphatic rings. The SMILES string of the molecule is CCc1cccc(NCCC(CC)c2cccnc2)c1F. The molecule has 2 nitrogen and oxygen atoms in total. The monoisotopic (exact) mass is 286 g/mol. The van der Waals surface area contributed by atoms with E-state index >= 15 is 0 Å². The van der Waals surface area contributed by atoms with Crippen LogP contribution in [0.15, 0.2) is 42.7 Å². The van der Waals surface area contributed by atoms with Crippen molar-refractivity contribution in [3.05, 3.63) is 59.7 Å². The molecule has 2 aromatic rings. The Bertz CT molecular complexity index is 554. The van der Waals surface area contributed by atoms with Crippen LogP contribution in [-0.2, 0) is 6.42 Å². The van der Waals surface area contributed by atoms with Gasteiger partial charge in [-0.1, -0.05) is 32.0 Å². The first-order valence-corrected chi connectivity index (χ1v) is 7.67. The topological polar surface area (TPSA) is 24.9 Å². The van der Waals surface area contributed by atoms with Gasteiger partial charge < -0.3 is 5.32 Å². The highest BCUT2D eigenvalue weighted by atomic mass is 19.1. The minimum Gasteiger partial charge on any atom is -0.383 e. The number of pyridine rings is 1. The number of nitrogens with zero attached hydrogens (tertiary/aromatic N) is 1. The summed E-state index contributed by atoms with van der Waals surface area (Å²) in [6.45, 7) is 4.91. The summed E-state index contributed by atoms with van der Waals surface area (Å²) in [4.78, 5) is 4.18. The molecule has 1 aromatic carbocycles. The van der Waals surface area contributed by atoms with Crippen molar-refractivity contribution in [2.45, 2.75) is 39.0 Å². The summed E-state index contributed by atoms with van der Waals surface area (Å²) in [7, 11) is 0. The van der Waals surface area contributed by atoms with Crippen LogP contribution < -0.4 is 5.32 Å². The van der Waals surface area contributed by atoms with Gasteiger partial charge in [-0.25, -0.2) is 4.39 Å². The minimum absolute atomic E-state index is 0.116. The van der Waals surface area contributed by atoms with E-state index in [9.17, 15) is 4.39 Å². The molecular formula is C18H23FN2. The van der Waals surface area contributed by atoms with Crippen LogP contribution in [0.5, 0.6) is 0 Å². The van der Waals surface area contributed by atoms with E-state index < -0.39 is 0 Å². The van der Waals surface area contributed by atoms with Crippen molar-refractivity contribution in [3.8, 4) is 0 Å². The van der Waals surface area contributed by atoms with Crippen LogP contribution in [-0.4, -0.2) is 11.5 Å². The van der Waals surface area contributed by atoms with E-state index in [0.717, 1.165) is 24.9 Å². The lowest BCUT2D eigenvalue weighted by atomic mass is 9.94. The molecule has 2 rings (SSSR count). The first-order valence-electron chi connectivity index (χ1n) is 7.67. The molecule has 21 heavy (non-hydrogen) atoms. The molecule has 1 N–H and O–H groups in total. The summed E-state index contributed by atoms with van der Waals surface area (Å²) in [5, 5.41) is 3.23. The predicted molar refractivity (Wildman–Crippen MR) is 86.2 cm³/mol. The fourth-order valence-electron chi connectivity index (χ4n) is 2.59. The molecule has 0 radical (unpaired) electrons. The number of benzene rings is 1. The number of rotatable bonds is 7. The molecule has 0 amide bonds. The Morgan fingerprint density at radius 2 is 2.05 bits per heavy atom. The van der Waals surface area contributed by atoms with Gasteiger partial charge in [-0.15, -0.1) is 0 Å². The van der Waals surface area contributed by atoms with Crippen molar-refractivity contribution in [3.63, 3.8) is 0 Å². The van der Waals surface area contributed by atoms with Gasteiger partial charge in [0.1, 0.15) is 5.82 Å². The maximum atomic E-state index is 14.1. The molecule has 3 heteroatoms. The van der Waals surface area contributed by atoms with Crippen LogP contribution in [0.3, 0.4) is 0 Å². The highest BCUT2D eigenvalue weighted by Crippen LogP contribution is 2.23. The summed E-state index contributed by atoms with van der Waals surface area (Å²) >= 11 is 0. The zero-order chi connectivity index (χ0) is 15.1. The van der Waals surface area contributed by atoms with Gasteiger partial charge in [0.25, 0.3) is 0 Å². The van der Waals surface area contributed by atoms with Gasteiger partial charge in [0.05, 0.1) is 5.69 Å². The molecule has 0 saturated heterocycles. The van der Waals surface area contributed by atoms with Crippen molar-refractivity contribution in [1.82, 2.24) is 4.98 Å². The van der Waals surface area contributed by atoms with Crippen molar-refractivity contribution in [1.29, 1.82) is 0 Å².